The van der Waals surface area contributed by atoms with Crippen molar-refractivity contribution in [2.45, 2.75) is 76.0 Å². The molecule has 2 saturated carbocycles. The Labute approximate surface area is 163 Å². The van der Waals surface area contributed by atoms with E-state index in [1.54, 1.807) is 0 Å². The van der Waals surface area contributed by atoms with Crippen LogP contribution in [0.4, 0.5) is 11.4 Å². The first-order valence-electron chi connectivity index (χ1n) is 11.2. The molecule has 0 bridgehead atoms. The van der Waals surface area contributed by atoms with Crippen LogP contribution in [0.5, 0.6) is 0 Å². The highest BCUT2D eigenvalue weighted by molar-refractivity contribution is 5.84. The highest BCUT2D eigenvalue weighted by Gasteiger charge is 2.41. The van der Waals surface area contributed by atoms with Gasteiger partial charge in [-0.3, -0.25) is 9.69 Å². The predicted octanol–water partition coefficient (Wildman–Crippen LogP) is 4.27. The van der Waals surface area contributed by atoms with Crippen LogP contribution in [-0.4, -0.2) is 42.5 Å². The van der Waals surface area contributed by atoms with Gasteiger partial charge in [-0.15, -0.1) is 0 Å². The number of rotatable bonds is 3. The number of para-hydroxylation sites is 2. The number of nitrogens with one attached hydrogen (secondary N) is 1. The molecule has 4 aliphatic rings. The molecule has 1 N–H and O–H groups in total. The first-order valence-corrected chi connectivity index (χ1v) is 11.2. The Morgan fingerprint density at radius 2 is 1.70 bits per heavy atom. The van der Waals surface area contributed by atoms with Crippen molar-refractivity contribution in [2.24, 2.45) is 11.8 Å². The number of hydrogen-bond acceptors (Lipinski definition) is 4. The van der Waals surface area contributed by atoms with Crippen LogP contribution in [0.2, 0.25) is 0 Å². The molecule has 3 unspecified atom stereocenters. The Hall–Kier alpha value is -1.55. The van der Waals surface area contributed by atoms with Gasteiger partial charge in [0.25, 0.3) is 0 Å². The van der Waals surface area contributed by atoms with Crippen LogP contribution in [0.15, 0.2) is 24.3 Å². The summed E-state index contributed by atoms with van der Waals surface area (Å²) in [5, 5.41) is 3.39. The van der Waals surface area contributed by atoms with Gasteiger partial charge in [-0.2, -0.15) is 0 Å². The van der Waals surface area contributed by atoms with Crippen molar-refractivity contribution in [1.82, 2.24) is 4.90 Å². The molecule has 3 fully saturated rings. The first-order chi connectivity index (χ1) is 13.3. The van der Waals surface area contributed by atoms with E-state index in [1.807, 2.05) is 6.07 Å². The summed E-state index contributed by atoms with van der Waals surface area (Å²) < 4.78 is 0. The average Bonchev–Trinajstić information content (AvgIpc) is 3.12. The van der Waals surface area contributed by atoms with Crippen LogP contribution in [0, 0.1) is 11.8 Å². The smallest absolute Gasteiger partial charge is 0.162 e. The number of fused-ring (bicyclic) bond motifs is 2. The SMILES string of the molecule is O=C[C@H]1Nc2ccccc2N1C1CCN(C2CCCC3CCCCC32)CC1. The van der Waals surface area contributed by atoms with Crippen molar-refractivity contribution in [1.29, 1.82) is 0 Å². The number of benzene rings is 1. The minimum atomic E-state index is -0.198. The van der Waals surface area contributed by atoms with Crippen molar-refractivity contribution >= 4 is 17.7 Å². The van der Waals surface area contributed by atoms with E-state index in [2.05, 4.69) is 33.3 Å². The van der Waals surface area contributed by atoms with Crippen molar-refractivity contribution in [3.63, 3.8) is 0 Å². The quantitative estimate of drug-likeness (QED) is 0.810. The minimum absolute atomic E-state index is 0.198. The van der Waals surface area contributed by atoms with E-state index in [9.17, 15) is 4.79 Å². The third-order valence-electron chi connectivity index (χ3n) is 7.81. The summed E-state index contributed by atoms with van der Waals surface area (Å²) in [6.07, 6.45) is 13.4. The maximum absolute atomic E-state index is 11.7. The van der Waals surface area contributed by atoms with Crippen LogP contribution in [0.1, 0.15) is 57.8 Å². The number of aldehydes is 1. The van der Waals surface area contributed by atoms with Gasteiger partial charge < -0.3 is 10.2 Å². The molecule has 2 aliphatic heterocycles. The lowest BCUT2D eigenvalue weighted by Gasteiger charge is -2.49. The average molecular weight is 368 g/mol. The van der Waals surface area contributed by atoms with E-state index < -0.39 is 0 Å². The van der Waals surface area contributed by atoms with E-state index in [4.69, 9.17) is 0 Å². The van der Waals surface area contributed by atoms with Gasteiger partial charge in [-0.05, 0) is 49.7 Å². The Kier molecular flexibility index (Phi) is 4.85. The van der Waals surface area contributed by atoms with Crippen molar-refractivity contribution in [3.8, 4) is 0 Å². The lowest BCUT2D eigenvalue weighted by Crippen LogP contribution is -2.54. The fraction of sp³-hybridized carbons (Fsp3) is 0.696. The summed E-state index contributed by atoms with van der Waals surface area (Å²) in [7, 11) is 0. The minimum Gasteiger partial charge on any atom is -0.358 e. The normalized spacial score (nSPS) is 34.6. The Morgan fingerprint density at radius 3 is 2.56 bits per heavy atom. The van der Waals surface area contributed by atoms with Crippen molar-refractivity contribution < 1.29 is 4.79 Å². The van der Waals surface area contributed by atoms with Crippen molar-refractivity contribution in [3.05, 3.63) is 24.3 Å². The molecule has 2 aliphatic carbocycles. The van der Waals surface area contributed by atoms with E-state index in [0.717, 1.165) is 29.9 Å². The molecule has 4 atom stereocenters. The lowest BCUT2D eigenvalue weighted by molar-refractivity contribution is -0.108. The molecule has 146 valence electrons. The largest absolute Gasteiger partial charge is 0.358 e. The molecular formula is C23H33N3O. The van der Waals surface area contributed by atoms with Gasteiger partial charge >= 0.3 is 0 Å². The van der Waals surface area contributed by atoms with Gasteiger partial charge in [-0.1, -0.05) is 44.2 Å². The predicted molar refractivity (Wildman–Crippen MR) is 110 cm³/mol. The number of carbonyl (C=O) groups is 1. The standard InChI is InChI=1S/C23H33N3O/c27-16-23-24-20-9-3-4-10-22(20)26(23)18-12-14-25(15-13-18)21-11-5-7-17-6-1-2-8-19(17)21/h3-4,9-10,16-19,21,23-24H,1-2,5-8,11-15H2/t17?,19?,21?,23-/m0/s1. The monoisotopic (exact) mass is 367 g/mol. The van der Waals surface area contributed by atoms with E-state index in [0.29, 0.717) is 6.04 Å². The second kappa shape index (κ2) is 7.46. The van der Waals surface area contributed by atoms with Gasteiger partial charge in [0.15, 0.2) is 12.5 Å². The van der Waals surface area contributed by atoms with Gasteiger partial charge in [0.2, 0.25) is 0 Å². The summed E-state index contributed by atoms with van der Waals surface area (Å²) >= 11 is 0. The Morgan fingerprint density at radius 1 is 0.926 bits per heavy atom. The molecule has 0 spiro atoms. The number of likely N-dealkylation sites (tertiary alicyclic amines) is 1. The maximum atomic E-state index is 11.7. The molecule has 27 heavy (non-hydrogen) atoms. The maximum Gasteiger partial charge on any atom is 0.162 e. The number of anilines is 2. The second-order valence-electron chi connectivity index (χ2n) is 9.12. The van der Waals surface area contributed by atoms with Gasteiger partial charge in [0.05, 0.1) is 11.4 Å². The number of carbonyl (C=O) groups excluding carboxylic acids is 1. The number of piperidine rings is 1. The van der Waals surface area contributed by atoms with Crippen molar-refractivity contribution in [2.75, 3.05) is 23.3 Å². The van der Waals surface area contributed by atoms with Crippen LogP contribution in [-0.2, 0) is 4.79 Å². The molecule has 0 aromatic heterocycles. The highest BCUT2D eigenvalue weighted by atomic mass is 16.1. The molecule has 1 saturated heterocycles. The zero-order chi connectivity index (χ0) is 18.2. The third kappa shape index (κ3) is 3.16. The highest BCUT2D eigenvalue weighted by Crippen LogP contribution is 2.44. The lowest BCUT2D eigenvalue weighted by atomic mass is 9.67. The van der Waals surface area contributed by atoms with Gasteiger partial charge in [0, 0.05) is 25.2 Å². The van der Waals surface area contributed by atoms with Crippen LogP contribution < -0.4 is 10.2 Å². The van der Waals surface area contributed by atoms with Crippen LogP contribution >= 0.6 is 0 Å². The molecule has 1 aromatic carbocycles. The van der Waals surface area contributed by atoms with E-state index >= 15 is 0 Å². The van der Waals surface area contributed by atoms with Crippen LogP contribution in [0.25, 0.3) is 0 Å². The summed E-state index contributed by atoms with van der Waals surface area (Å²) in [5.74, 6) is 1.96. The molecule has 4 nitrogen and oxygen atoms in total. The molecule has 4 heteroatoms. The molecule has 1 aromatic rings. The molecule has 2 heterocycles. The van der Waals surface area contributed by atoms with E-state index in [1.165, 1.54) is 76.6 Å². The number of nitrogens with zero attached hydrogens (tertiary/aromatic N) is 2. The molecular weight excluding hydrogens is 334 g/mol. The molecule has 5 rings (SSSR count). The summed E-state index contributed by atoms with van der Waals surface area (Å²) in [6.45, 7) is 2.39. The zero-order valence-electron chi connectivity index (χ0n) is 16.4. The van der Waals surface area contributed by atoms with Gasteiger partial charge in [0.1, 0.15) is 0 Å². The zero-order valence-corrected chi connectivity index (χ0v) is 16.4. The topological polar surface area (TPSA) is 35.6 Å². The summed E-state index contributed by atoms with van der Waals surface area (Å²) in [4.78, 5) is 16.9. The Bertz CT molecular complexity index is 667. The number of hydrogen-bond donors (Lipinski definition) is 1. The molecule has 0 amide bonds. The first kappa shape index (κ1) is 17.5. The Balaban J connectivity index is 1.27. The molecule has 0 radical (unpaired) electrons. The van der Waals surface area contributed by atoms with E-state index in [-0.39, 0.29) is 6.17 Å². The third-order valence-corrected chi connectivity index (χ3v) is 7.81. The van der Waals surface area contributed by atoms with Crippen LogP contribution in [0.3, 0.4) is 0 Å². The second-order valence-corrected chi connectivity index (χ2v) is 9.12. The summed E-state index contributed by atoms with van der Waals surface area (Å²) in [6, 6.07) is 9.68. The fourth-order valence-electron chi connectivity index (χ4n) is 6.58. The fourth-order valence-corrected chi connectivity index (χ4v) is 6.58. The summed E-state index contributed by atoms with van der Waals surface area (Å²) in [5.41, 5.74) is 2.31. The van der Waals surface area contributed by atoms with Gasteiger partial charge in [-0.25, -0.2) is 0 Å².